The number of phenols is 2. The third-order valence-corrected chi connectivity index (χ3v) is 2.87. The summed E-state index contributed by atoms with van der Waals surface area (Å²) in [6.07, 6.45) is 4.32. The van der Waals surface area contributed by atoms with Crippen molar-refractivity contribution in [1.82, 2.24) is 5.32 Å². The molecule has 1 aromatic rings. The van der Waals surface area contributed by atoms with Crippen molar-refractivity contribution in [1.29, 1.82) is 0 Å². The van der Waals surface area contributed by atoms with Crippen molar-refractivity contribution in [2.24, 2.45) is 16.5 Å². The number of hydrogen-bond acceptors (Lipinski definition) is 6. The van der Waals surface area contributed by atoms with Crippen LogP contribution in [0.3, 0.4) is 0 Å². The van der Waals surface area contributed by atoms with Crippen LogP contribution in [-0.2, 0) is 4.79 Å². The van der Waals surface area contributed by atoms with E-state index in [0.717, 1.165) is 12.8 Å². The monoisotopic (exact) mass is 322 g/mol. The molecule has 0 atom stereocenters. The van der Waals surface area contributed by atoms with E-state index in [1.54, 1.807) is 0 Å². The molecule has 0 spiro atoms. The molecule has 1 rings (SSSR count). The molecule has 0 aromatic heterocycles. The van der Waals surface area contributed by atoms with Crippen LogP contribution in [0, 0.1) is 0 Å². The molecule has 126 valence electrons. The van der Waals surface area contributed by atoms with E-state index in [2.05, 4.69) is 10.3 Å². The molecule has 0 saturated heterocycles. The maximum Gasteiger partial charge on any atom is 0.250 e. The molecule has 0 heterocycles. The summed E-state index contributed by atoms with van der Waals surface area (Å²) in [5, 5.41) is 21.5. The van der Waals surface area contributed by atoms with Crippen LogP contribution in [0.5, 0.6) is 17.2 Å². The second-order valence-corrected chi connectivity index (χ2v) is 4.68. The number of carbonyl (C=O) groups is 1. The van der Waals surface area contributed by atoms with E-state index in [-0.39, 0.29) is 23.2 Å². The Morgan fingerprint density at radius 2 is 2.13 bits per heavy atom. The minimum Gasteiger partial charge on any atom is -0.504 e. The molecule has 0 fully saturated rings. The van der Waals surface area contributed by atoms with E-state index in [1.807, 2.05) is 0 Å². The van der Waals surface area contributed by atoms with E-state index in [9.17, 15) is 15.0 Å². The number of ether oxygens (including phenoxy) is 1. The highest BCUT2D eigenvalue weighted by Gasteiger charge is 2.08. The highest BCUT2D eigenvalue weighted by Crippen LogP contribution is 2.36. The van der Waals surface area contributed by atoms with Gasteiger partial charge in [0.2, 0.25) is 5.75 Å². The Kier molecular flexibility index (Phi) is 7.41. The topological polar surface area (TPSA) is 143 Å². The quantitative estimate of drug-likeness (QED) is 0.160. The largest absolute Gasteiger partial charge is 0.504 e. The number of hydrogen-bond donors (Lipinski definition) is 5. The Morgan fingerprint density at radius 3 is 2.78 bits per heavy atom. The van der Waals surface area contributed by atoms with Crippen molar-refractivity contribution in [2.45, 2.75) is 12.8 Å². The zero-order valence-corrected chi connectivity index (χ0v) is 13.0. The summed E-state index contributed by atoms with van der Waals surface area (Å²) in [5.74, 6) is -1.03. The summed E-state index contributed by atoms with van der Waals surface area (Å²) >= 11 is 0. The van der Waals surface area contributed by atoms with Gasteiger partial charge in [0.1, 0.15) is 0 Å². The number of phenolic OH excluding ortho intramolecular Hbond substituents is 2. The maximum absolute atomic E-state index is 11.7. The molecule has 1 amide bonds. The first kappa shape index (κ1) is 18.3. The van der Waals surface area contributed by atoms with Gasteiger partial charge in [-0.05, 0) is 43.2 Å². The lowest BCUT2D eigenvalue weighted by Crippen LogP contribution is -2.35. The first-order valence-electron chi connectivity index (χ1n) is 7.07. The summed E-state index contributed by atoms with van der Waals surface area (Å²) in [6.45, 7) is 1.09. The number of aromatic hydroxyl groups is 2. The van der Waals surface area contributed by atoms with Crippen LogP contribution >= 0.6 is 0 Å². The van der Waals surface area contributed by atoms with E-state index in [0.29, 0.717) is 18.7 Å². The molecular formula is C15H22N4O4. The molecule has 23 heavy (non-hydrogen) atoms. The van der Waals surface area contributed by atoms with Gasteiger partial charge >= 0.3 is 0 Å². The van der Waals surface area contributed by atoms with Gasteiger partial charge in [0.25, 0.3) is 5.91 Å². The van der Waals surface area contributed by atoms with Crippen LogP contribution in [0.15, 0.2) is 23.2 Å². The highest BCUT2D eigenvalue weighted by atomic mass is 16.5. The molecule has 0 unspecified atom stereocenters. The van der Waals surface area contributed by atoms with Crippen LogP contribution < -0.4 is 21.5 Å². The van der Waals surface area contributed by atoms with Crippen molar-refractivity contribution < 1.29 is 19.7 Å². The number of methoxy groups -OCH3 is 1. The van der Waals surface area contributed by atoms with Crippen molar-refractivity contribution in [3.63, 3.8) is 0 Å². The summed E-state index contributed by atoms with van der Waals surface area (Å²) < 4.78 is 4.91. The molecule has 0 bridgehead atoms. The summed E-state index contributed by atoms with van der Waals surface area (Å²) in [5.41, 5.74) is 11.4. The second kappa shape index (κ2) is 9.31. The number of rotatable bonds is 7. The first-order valence-corrected chi connectivity index (χ1v) is 7.07. The van der Waals surface area contributed by atoms with Gasteiger partial charge in [0.05, 0.1) is 7.11 Å². The smallest absolute Gasteiger partial charge is 0.250 e. The van der Waals surface area contributed by atoms with Crippen LogP contribution in [-0.4, -0.2) is 42.3 Å². The number of amides is 1. The number of carbonyl (C=O) groups excluding carboxylic acids is 1. The second-order valence-electron chi connectivity index (χ2n) is 4.68. The van der Waals surface area contributed by atoms with Crippen LogP contribution in [0.1, 0.15) is 18.4 Å². The van der Waals surface area contributed by atoms with Crippen molar-refractivity contribution in [3.8, 4) is 17.2 Å². The third kappa shape index (κ3) is 6.27. The summed E-state index contributed by atoms with van der Waals surface area (Å²) in [6, 6.07) is 2.77. The molecule has 8 nitrogen and oxygen atoms in total. The maximum atomic E-state index is 11.7. The fraction of sp³-hybridized carbons (Fsp3) is 0.333. The van der Waals surface area contributed by atoms with Crippen LogP contribution in [0.25, 0.3) is 6.08 Å². The number of guanidine groups is 1. The number of nitrogens with one attached hydrogen (secondary N) is 1. The minimum absolute atomic E-state index is 0.0304. The molecule has 0 saturated carbocycles. The summed E-state index contributed by atoms with van der Waals surface area (Å²) in [4.78, 5) is 15.7. The van der Waals surface area contributed by atoms with E-state index in [1.165, 1.54) is 31.4 Å². The molecule has 0 aliphatic rings. The van der Waals surface area contributed by atoms with Gasteiger partial charge in [-0.25, -0.2) is 0 Å². The lowest BCUT2D eigenvalue weighted by atomic mass is 10.1. The molecule has 7 N–H and O–H groups in total. The first-order chi connectivity index (χ1) is 11.0. The number of unbranched alkanes of at least 4 members (excludes halogenated alkanes) is 1. The van der Waals surface area contributed by atoms with Gasteiger partial charge in [-0.15, -0.1) is 0 Å². The Morgan fingerprint density at radius 1 is 1.39 bits per heavy atom. The van der Waals surface area contributed by atoms with Crippen LogP contribution in [0.2, 0.25) is 0 Å². The average Bonchev–Trinajstić information content (AvgIpc) is 2.52. The number of aliphatic imine (C=N–C) groups is 1. The lowest BCUT2D eigenvalue weighted by Gasteiger charge is -2.06. The normalized spacial score (nSPS) is 11.7. The Bertz CT molecular complexity index is 599. The summed E-state index contributed by atoms with van der Waals surface area (Å²) in [7, 11) is 1.36. The number of nitrogens with two attached hydrogens (primary N) is 2. The molecular weight excluding hydrogens is 300 g/mol. The standard InChI is InChI=1S/C15H22N4O4/c1-23-12-9-10(8-11(20)14(12)22)4-5-13(21)19-15(17)18-7-3-2-6-16/h4-5,8-9,20,22H,2-3,6-7,16H2,1H3,(H3,17,18,19,21)/b5-4+. The third-order valence-electron chi connectivity index (χ3n) is 2.87. The number of nitrogens with zero attached hydrogens (tertiary/aromatic N) is 1. The molecule has 8 heteroatoms. The van der Waals surface area contributed by atoms with E-state index in [4.69, 9.17) is 16.2 Å². The molecule has 0 aliphatic heterocycles. The van der Waals surface area contributed by atoms with Crippen LogP contribution in [0.4, 0.5) is 0 Å². The number of benzene rings is 1. The van der Waals surface area contributed by atoms with Crippen molar-refractivity contribution in [2.75, 3.05) is 20.2 Å². The zero-order valence-electron chi connectivity index (χ0n) is 13.0. The van der Waals surface area contributed by atoms with E-state index >= 15 is 0 Å². The highest BCUT2D eigenvalue weighted by molar-refractivity contribution is 6.03. The van der Waals surface area contributed by atoms with Gasteiger partial charge in [0.15, 0.2) is 17.5 Å². The van der Waals surface area contributed by atoms with Gasteiger partial charge in [-0.1, -0.05) is 0 Å². The minimum atomic E-state index is -0.461. The predicted octanol–water partition coefficient (Wildman–Crippen LogP) is 0.289. The molecule has 1 aromatic carbocycles. The average molecular weight is 322 g/mol. The van der Waals surface area contributed by atoms with Crippen molar-refractivity contribution >= 4 is 17.9 Å². The van der Waals surface area contributed by atoms with Gasteiger partial charge < -0.3 is 26.4 Å². The molecule has 0 aliphatic carbocycles. The Labute approximate surface area is 134 Å². The van der Waals surface area contributed by atoms with Crippen molar-refractivity contribution in [3.05, 3.63) is 23.8 Å². The fourth-order valence-corrected chi connectivity index (χ4v) is 1.70. The van der Waals surface area contributed by atoms with Gasteiger partial charge in [0, 0.05) is 12.6 Å². The van der Waals surface area contributed by atoms with Gasteiger partial charge in [-0.3, -0.25) is 15.1 Å². The van der Waals surface area contributed by atoms with E-state index < -0.39 is 5.91 Å². The SMILES string of the molecule is COc1cc(/C=C/C(=O)NC(N)=NCCCCN)cc(O)c1O. The van der Waals surface area contributed by atoms with Gasteiger partial charge in [-0.2, -0.15) is 0 Å². The lowest BCUT2D eigenvalue weighted by molar-refractivity contribution is -0.115. The predicted molar refractivity (Wildman–Crippen MR) is 88.3 cm³/mol. The fourth-order valence-electron chi connectivity index (χ4n) is 1.70. The molecule has 0 radical (unpaired) electrons. The Hall–Kier alpha value is -2.74. The zero-order chi connectivity index (χ0) is 17.2. The Balaban J connectivity index is 2.63.